The molecule has 0 aromatic heterocycles. The van der Waals surface area contributed by atoms with Gasteiger partial charge in [0.2, 0.25) is 0 Å². The van der Waals surface area contributed by atoms with Gasteiger partial charge in [0, 0.05) is 13.7 Å². The standard InChI is InChI=1S/C13H15F6NO/c1-21-5-4-20-3-2-9-6-10(12(14,15)16)8-11(7-9)13(17,18)19/h6-8,20H,2-5H2,1H3. The van der Waals surface area contributed by atoms with Crippen LogP contribution in [0.25, 0.3) is 0 Å². The van der Waals surface area contributed by atoms with E-state index in [2.05, 4.69) is 5.32 Å². The van der Waals surface area contributed by atoms with E-state index >= 15 is 0 Å². The first-order valence-corrected chi connectivity index (χ1v) is 6.12. The summed E-state index contributed by atoms with van der Waals surface area (Å²) < 4.78 is 80.5. The Hall–Kier alpha value is -1.28. The predicted molar refractivity (Wildman–Crippen MR) is 64.9 cm³/mol. The fourth-order valence-electron chi connectivity index (χ4n) is 1.70. The zero-order chi connectivity index (χ0) is 16.1. The first kappa shape index (κ1) is 17.8. The zero-order valence-corrected chi connectivity index (χ0v) is 11.2. The van der Waals surface area contributed by atoms with E-state index in [4.69, 9.17) is 4.74 Å². The Balaban J connectivity index is 2.88. The molecule has 0 aliphatic rings. The van der Waals surface area contributed by atoms with E-state index in [1.54, 1.807) is 0 Å². The second kappa shape index (κ2) is 7.13. The van der Waals surface area contributed by atoms with Crippen LogP contribution in [0.3, 0.4) is 0 Å². The molecule has 0 saturated carbocycles. The molecular weight excluding hydrogens is 300 g/mol. The van der Waals surface area contributed by atoms with Crippen molar-refractivity contribution in [1.82, 2.24) is 5.32 Å². The van der Waals surface area contributed by atoms with Crippen molar-refractivity contribution in [2.24, 2.45) is 0 Å². The van der Waals surface area contributed by atoms with E-state index in [0.717, 1.165) is 12.1 Å². The van der Waals surface area contributed by atoms with Gasteiger partial charge in [-0.25, -0.2) is 0 Å². The van der Waals surface area contributed by atoms with Crippen LogP contribution >= 0.6 is 0 Å². The summed E-state index contributed by atoms with van der Waals surface area (Å²) in [5.41, 5.74) is -2.59. The van der Waals surface area contributed by atoms with Crippen molar-refractivity contribution in [3.63, 3.8) is 0 Å². The highest BCUT2D eigenvalue weighted by molar-refractivity contribution is 5.33. The summed E-state index contributed by atoms with van der Waals surface area (Å²) in [5, 5.41) is 2.86. The molecule has 0 amide bonds. The Labute approximate surface area is 118 Å². The Morgan fingerprint density at radius 1 is 0.905 bits per heavy atom. The summed E-state index contributed by atoms with van der Waals surface area (Å²) >= 11 is 0. The molecule has 21 heavy (non-hydrogen) atoms. The molecule has 1 N–H and O–H groups in total. The number of methoxy groups -OCH3 is 1. The van der Waals surface area contributed by atoms with Gasteiger partial charge in [0.25, 0.3) is 0 Å². The quantitative estimate of drug-likeness (QED) is 0.641. The van der Waals surface area contributed by atoms with Crippen molar-refractivity contribution in [2.75, 3.05) is 26.8 Å². The van der Waals surface area contributed by atoms with Crippen LogP contribution in [0.5, 0.6) is 0 Å². The molecule has 120 valence electrons. The van der Waals surface area contributed by atoms with E-state index in [1.165, 1.54) is 7.11 Å². The summed E-state index contributed by atoms with van der Waals surface area (Å²) in [5.74, 6) is 0. The summed E-state index contributed by atoms with van der Waals surface area (Å²) in [6.07, 6.45) is -9.55. The molecule has 0 aliphatic heterocycles. The number of benzene rings is 1. The van der Waals surface area contributed by atoms with E-state index in [-0.39, 0.29) is 24.6 Å². The maximum atomic E-state index is 12.6. The van der Waals surface area contributed by atoms with Crippen LogP contribution in [-0.2, 0) is 23.5 Å². The van der Waals surface area contributed by atoms with Crippen molar-refractivity contribution < 1.29 is 31.1 Å². The number of hydrogen-bond donors (Lipinski definition) is 1. The maximum Gasteiger partial charge on any atom is 0.416 e. The third kappa shape index (κ3) is 5.92. The van der Waals surface area contributed by atoms with Gasteiger partial charge in [0.05, 0.1) is 17.7 Å². The third-order valence-electron chi connectivity index (χ3n) is 2.72. The first-order chi connectivity index (χ1) is 9.64. The first-order valence-electron chi connectivity index (χ1n) is 6.12. The van der Waals surface area contributed by atoms with E-state index in [9.17, 15) is 26.3 Å². The molecule has 1 aromatic rings. The van der Waals surface area contributed by atoms with Crippen LogP contribution in [0.4, 0.5) is 26.3 Å². The highest BCUT2D eigenvalue weighted by atomic mass is 19.4. The molecule has 1 aromatic carbocycles. The molecule has 1 rings (SSSR count). The van der Waals surface area contributed by atoms with Gasteiger partial charge in [-0.1, -0.05) is 0 Å². The number of nitrogens with one attached hydrogen (secondary N) is 1. The Morgan fingerprint density at radius 2 is 1.43 bits per heavy atom. The minimum absolute atomic E-state index is 0.0120. The minimum Gasteiger partial charge on any atom is -0.383 e. The highest BCUT2D eigenvalue weighted by Gasteiger charge is 2.36. The smallest absolute Gasteiger partial charge is 0.383 e. The van der Waals surface area contributed by atoms with Gasteiger partial charge in [-0.05, 0) is 36.7 Å². The fraction of sp³-hybridized carbons (Fsp3) is 0.538. The van der Waals surface area contributed by atoms with Crippen molar-refractivity contribution in [2.45, 2.75) is 18.8 Å². The Kier molecular flexibility index (Phi) is 6.03. The molecule has 0 atom stereocenters. The van der Waals surface area contributed by atoms with Crippen LogP contribution in [0.2, 0.25) is 0 Å². The molecule has 0 heterocycles. The highest BCUT2D eigenvalue weighted by Crippen LogP contribution is 2.36. The monoisotopic (exact) mass is 315 g/mol. The van der Waals surface area contributed by atoms with Gasteiger partial charge >= 0.3 is 12.4 Å². The van der Waals surface area contributed by atoms with Crippen molar-refractivity contribution in [1.29, 1.82) is 0 Å². The second-order valence-electron chi connectivity index (χ2n) is 4.41. The molecule has 0 bridgehead atoms. The van der Waals surface area contributed by atoms with Crippen molar-refractivity contribution in [3.05, 3.63) is 34.9 Å². The summed E-state index contributed by atoms with van der Waals surface area (Å²) in [6, 6.07) is 1.61. The fourth-order valence-corrected chi connectivity index (χ4v) is 1.70. The normalized spacial score (nSPS) is 12.7. The molecule has 0 radical (unpaired) electrons. The van der Waals surface area contributed by atoms with E-state index in [1.807, 2.05) is 0 Å². The number of ether oxygens (including phenoxy) is 1. The molecule has 2 nitrogen and oxygen atoms in total. The zero-order valence-electron chi connectivity index (χ0n) is 11.2. The number of halogens is 6. The molecular formula is C13H15F6NO. The predicted octanol–water partition coefficient (Wildman–Crippen LogP) is 3.50. The maximum absolute atomic E-state index is 12.6. The van der Waals surface area contributed by atoms with E-state index in [0.29, 0.717) is 13.2 Å². The van der Waals surface area contributed by atoms with Crippen molar-refractivity contribution in [3.8, 4) is 0 Å². The number of rotatable bonds is 6. The molecule has 0 fully saturated rings. The minimum atomic E-state index is -4.81. The van der Waals surface area contributed by atoms with Gasteiger partial charge in [0.1, 0.15) is 0 Å². The van der Waals surface area contributed by atoms with Crippen LogP contribution in [-0.4, -0.2) is 26.8 Å². The van der Waals surface area contributed by atoms with Gasteiger partial charge < -0.3 is 10.1 Å². The van der Waals surface area contributed by atoms with Gasteiger partial charge in [-0.2, -0.15) is 26.3 Å². The molecule has 0 unspecified atom stereocenters. The molecule has 8 heteroatoms. The molecule has 0 aliphatic carbocycles. The Morgan fingerprint density at radius 3 is 1.86 bits per heavy atom. The van der Waals surface area contributed by atoms with Crippen LogP contribution in [0.15, 0.2) is 18.2 Å². The second-order valence-corrected chi connectivity index (χ2v) is 4.41. The Bertz CT molecular complexity index is 423. The lowest BCUT2D eigenvalue weighted by molar-refractivity contribution is -0.143. The van der Waals surface area contributed by atoms with Gasteiger partial charge in [-0.3, -0.25) is 0 Å². The number of hydrogen-bond acceptors (Lipinski definition) is 2. The topological polar surface area (TPSA) is 21.3 Å². The van der Waals surface area contributed by atoms with Crippen molar-refractivity contribution >= 4 is 0 Å². The molecule has 0 spiro atoms. The van der Waals surface area contributed by atoms with Crippen LogP contribution in [0, 0.1) is 0 Å². The third-order valence-corrected chi connectivity index (χ3v) is 2.72. The average molecular weight is 315 g/mol. The summed E-state index contributed by atoms with van der Waals surface area (Å²) in [4.78, 5) is 0. The lowest BCUT2D eigenvalue weighted by atomic mass is 10.0. The number of alkyl halides is 6. The van der Waals surface area contributed by atoms with Crippen LogP contribution in [0.1, 0.15) is 16.7 Å². The SMILES string of the molecule is COCCNCCc1cc(C(F)(F)F)cc(C(F)(F)F)c1. The summed E-state index contributed by atoms with van der Waals surface area (Å²) in [7, 11) is 1.49. The van der Waals surface area contributed by atoms with Gasteiger partial charge in [0.15, 0.2) is 0 Å². The van der Waals surface area contributed by atoms with Crippen LogP contribution < -0.4 is 5.32 Å². The lowest BCUT2D eigenvalue weighted by Crippen LogP contribution is -2.22. The largest absolute Gasteiger partial charge is 0.416 e. The van der Waals surface area contributed by atoms with Gasteiger partial charge in [-0.15, -0.1) is 0 Å². The summed E-state index contributed by atoms with van der Waals surface area (Å²) in [6.45, 7) is 1.15. The van der Waals surface area contributed by atoms with E-state index < -0.39 is 23.5 Å². The molecule has 0 saturated heterocycles. The average Bonchev–Trinajstić information content (AvgIpc) is 2.36. The lowest BCUT2D eigenvalue weighted by Gasteiger charge is -2.14.